The minimum absolute atomic E-state index is 0.0172. The SMILES string of the molecule is Cc1ccc(C(=O)[C@H](c2ccccc2)C2CCC(c3ccccc3)=N2)cc1. The largest absolute Gasteiger partial charge is 0.293 e. The van der Waals surface area contributed by atoms with E-state index in [4.69, 9.17) is 4.99 Å². The summed E-state index contributed by atoms with van der Waals surface area (Å²) in [7, 11) is 0. The van der Waals surface area contributed by atoms with Crippen molar-refractivity contribution in [2.24, 2.45) is 4.99 Å². The van der Waals surface area contributed by atoms with Crippen molar-refractivity contribution in [3.8, 4) is 0 Å². The standard InChI is InChI=1S/C25H23NO/c1-18-12-14-21(15-13-18)25(27)24(20-10-6-3-7-11-20)23-17-16-22(26-23)19-8-4-2-5-9-19/h2-15,23-24H,16-17H2,1H3/t23?,24-/m1/s1. The second-order valence-electron chi connectivity index (χ2n) is 7.17. The van der Waals surface area contributed by atoms with Crippen LogP contribution in [0.4, 0.5) is 0 Å². The molecule has 0 N–H and O–H groups in total. The molecule has 1 aliphatic heterocycles. The number of carbonyl (C=O) groups excluding carboxylic acids is 1. The first-order valence-corrected chi connectivity index (χ1v) is 9.50. The first-order valence-electron chi connectivity index (χ1n) is 9.50. The van der Waals surface area contributed by atoms with E-state index in [1.165, 1.54) is 0 Å². The quantitative estimate of drug-likeness (QED) is 0.548. The van der Waals surface area contributed by atoms with Crippen LogP contribution in [0.3, 0.4) is 0 Å². The number of carbonyl (C=O) groups is 1. The van der Waals surface area contributed by atoms with Gasteiger partial charge in [-0.05, 0) is 30.9 Å². The number of ketones is 1. The summed E-state index contributed by atoms with van der Waals surface area (Å²) in [5.74, 6) is -0.0839. The summed E-state index contributed by atoms with van der Waals surface area (Å²) in [6.07, 6.45) is 1.82. The molecule has 3 aromatic carbocycles. The Labute approximate surface area is 160 Å². The number of rotatable bonds is 5. The van der Waals surface area contributed by atoms with Crippen molar-refractivity contribution in [1.82, 2.24) is 0 Å². The van der Waals surface area contributed by atoms with Gasteiger partial charge in [-0.25, -0.2) is 0 Å². The van der Waals surface area contributed by atoms with Gasteiger partial charge in [0, 0.05) is 11.3 Å². The van der Waals surface area contributed by atoms with Crippen LogP contribution in [0.2, 0.25) is 0 Å². The molecular formula is C25H23NO. The Morgan fingerprint density at radius 1 is 0.889 bits per heavy atom. The normalized spacial score (nSPS) is 17.4. The summed E-state index contributed by atoms with van der Waals surface area (Å²) in [6, 6.07) is 28.2. The Hall–Kier alpha value is -3.00. The highest BCUT2D eigenvalue weighted by Gasteiger charge is 2.33. The van der Waals surface area contributed by atoms with Crippen LogP contribution >= 0.6 is 0 Å². The fourth-order valence-corrected chi connectivity index (χ4v) is 3.81. The second-order valence-corrected chi connectivity index (χ2v) is 7.17. The van der Waals surface area contributed by atoms with Gasteiger partial charge < -0.3 is 0 Å². The molecule has 27 heavy (non-hydrogen) atoms. The Bertz CT molecular complexity index is 943. The summed E-state index contributed by atoms with van der Waals surface area (Å²) in [6.45, 7) is 2.04. The molecule has 0 aliphatic carbocycles. The lowest BCUT2D eigenvalue weighted by Crippen LogP contribution is -2.23. The lowest BCUT2D eigenvalue weighted by molar-refractivity contribution is 0.0947. The summed E-state index contributed by atoms with van der Waals surface area (Å²) in [5, 5.41) is 0. The monoisotopic (exact) mass is 353 g/mol. The first-order chi connectivity index (χ1) is 13.2. The summed E-state index contributed by atoms with van der Waals surface area (Å²) in [5.41, 5.74) is 5.24. The van der Waals surface area contributed by atoms with Gasteiger partial charge in [-0.1, -0.05) is 90.5 Å². The maximum atomic E-state index is 13.4. The number of benzene rings is 3. The third kappa shape index (κ3) is 3.75. The smallest absolute Gasteiger partial charge is 0.172 e. The number of aryl methyl sites for hydroxylation is 1. The maximum Gasteiger partial charge on any atom is 0.172 e. The van der Waals surface area contributed by atoms with E-state index in [2.05, 4.69) is 12.1 Å². The molecule has 1 aliphatic rings. The van der Waals surface area contributed by atoms with Crippen molar-refractivity contribution in [3.63, 3.8) is 0 Å². The Balaban J connectivity index is 1.70. The van der Waals surface area contributed by atoms with Crippen LogP contribution < -0.4 is 0 Å². The fraction of sp³-hybridized carbons (Fsp3) is 0.200. The molecule has 0 spiro atoms. The molecule has 1 heterocycles. The number of aliphatic imine (C=N–C) groups is 1. The predicted octanol–water partition coefficient (Wildman–Crippen LogP) is 5.61. The Morgan fingerprint density at radius 2 is 1.52 bits per heavy atom. The zero-order valence-electron chi connectivity index (χ0n) is 15.5. The molecule has 1 unspecified atom stereocenters. The van der Waals surface area contributed by atoms with Gasteiger partial charge in [-0.3, -0.25) is 9.79 Å². The molecule has 0 bridgehead atoms. The van der Waals surface area contributed by atoms with Crippen LogP contribution in [0.5, 0.6) is 0 Å². The van der Waals surface area contributed by atoms with Crippen molar-refractivity contribution < 1.29 is 4.79 Å². The van der Waals surface area contributed by atoms with Crippen molar-refractivity contribution in [2.45, 2.75) is 31.7 Å². The number of nitrogens with zero attached hydrogens (tertiary/aromatic N) is 1. The Morgan fingerprint density at radius 3 is 2.19 bits per heavy atom. The molecule has 4 rings (SSSR count). The summed E-state index contributed by atoms with van der Waals surface area (Å²) in [4.78, 5) is 18.4. The van der Waals surface area contributed by atoms with Gasteiger partial charge in [0.25, 0.3) is 0 Å². The third-order valence-electron chi connectivity index (χ3n) is 5.27. The molecule has 0 aromatic heterocycles. The molecule has 0 saturated heterocycles. The average molecular weight is 353 g/mol. The van der Waals surface area contributed by atoms with Crippen molar-refractivity contribution >= 4 is 11.5 Å². The molecule has 2 nitrogen and oxygen atoms in total. The minimum atomic E-state index is -0.241. The van der Waals surface area contributed by atoms with Crippen LogP contribution in [0.15, 0.2) is 89.9 Å². The van der Waals surface area contributed by atoms with Gasteiger partial charge >= 0.3 is 0 Å². The van der Waals surface area contributed by atoms with Crippen LogP contribution in [-0.4, -0.2) is 17.5 Å². The molecule has 0 radical (unpaired) electrons. The average Bonchev–Trinajstić information content (AvgIpc) is 3.20. The predicted molar refractivity (Wildman–Crippen MR) is 111 cm³/mol. The zero-order valence-corrected chi connectivity index (χ0v) is 15.5. The summed E-state index contributed by atoms with van der Waals surface area (Å²) < 4.78 is 0. The van der Waals surface area contributed by atoms with E-state index in [-0.39, 0.29) is 17.7 Å². The van der Waals surface area contributed by atoms with Gasteiger partial charge in [0.15, 0.2) is 5.78 Å². The zero-order chi connectivity index (χ0) is 18.6. The molecule has 134 valence electrons. The van der Waals surface area contributed by atoms with Crippen LogP contribution in [0, 0.1) is 6.92 Å². The lowest BCUT2D eigenvalue weighted by atomic mass is 9.84. The van der Waals surface area contributed by atoms with E-state index in [0.717, 1.165) is 40.8 Å². The lowest BCUT2D eigenvalue weighted by Gasteiger charge is -2.21. The molecule has 0 fully saturated rings. The van der Waals surface area contributed by atoms with Crippen LogP contribution in [0.1, 0.15) is 45.8 Å². The molecular weight excluding hydrogens is 330 g/mol. The number of hydrogen-bond donors (Lipinski definition) is 0. The number of hydrogen-bond acceptors (Lipinski definition) is 2. The molecule has 0 saturated carbocycles. The highest BCUT2D eigenvalue weighted by Crippen LogP contribution is 2.33. The molecule has 3 aromatic rings. The van der Waals surface area contributed by atoms with Gasteiger partial charge in [-0.15, -0.1) is 0 Å². The van der Waals surface area contributed by atoms with E-state index in [0.29, 0.717) is 0 Å². The second kappa shape index (κ2) is 7.71. The van der Waals surface area contributed by atoms with Crippen LogP contribution in [-0.2, 0) is 0 Å². The molecule has 2 atom stereocenters. The van der Waals surface area contributed by atoms with Crippen molar-refractivity contribution in [1.29, 1.82) is 0 Å². The van der Waals surface area contributed by atoms with Gasteiger partial charge in [0.1, 0.15) is 0 Å². The van der Waals surface area contributed by atoms with Crippen molar-refractivity contribution in [3.05, 3.63) is 107 Å². The van der Waals surface area contributed by atoms with E-state index in [1.807, 2.05) is 79.7 Å². The molecule has 0 amide bonds. The maximum absolute atomic E-state index is 13.4. The Kier molecular flexibility index (Phi) is 4.97. The third-order valence-corrected chi connectivity index (χ3v) is 5.27. The van der Waals surface area contributed by atoms with Crippen LogP contribution in [0.25, 0.3) is 0 Å². The first kappa shape index (κ1) is 17.4. The highest BCUT2D eigenvalue weighted by molar-refractivity contribution is 6.04. The van der Waals surface area contributed by atoms with E-state index >= 15 is 0 Å². The van der Waals surface area contributed by atoms with E-state index in [1.54, 1.807) is 0 Å². The topological polar surface area (TPSA) is 29.4 Å². The highest BCUT2D eigenvalue weighted by atomic mass is 16.1. The van der Waals surface area contributed by atoms with E-state index < -0.39 is 0 Å². The van der Waals surface area contributed by atoms with Crippen molar-refractivity contribution in [2.75, 3.05) is 0 Å². The van der Waals surface area contributed by atoms with E-state index in [9.17, 15) is 4.79 Å². The minimum Gasteiger partial charge on any atom is -0.293 e. The van der Waals surface area contributed by atoms with Gasteiger partial charge in [0.05, 0.1) is 12.0 Å². The number of Topliss-reactive ketones (excluding diaryl/α,β-unsaturated/α-hetero) is 1. The van der Waals surface area contributed by atoms with Gasteiger partial charge in [0.2, 0.25) is 0 Å². The fourth-order valence-electron chi connectivity index (χ4n) is 3.81. The molecule has 2 heteroatoms. The summed E-state index contributed by atoms with van der Waals surface area (Å²) >= 11 is 0. The van der Waals surface area contributed by atoms with Gasteiger partial charge in [-0.2, -0.15) is 0 Å².